The normalized spacial score (nSPS) is 17.2. The van der Waals surface area contributed by atoms with E-state index in [1.165, 1.54) is 15.6 Å². The molecule has 0 atom stereocenters. The van der Waals surface area contributed by atoms with E-state index in [1.807, 2.05) is 6.92 Å². The van der Waals surface area contributed by atoms with Gasteiger partial charge in [0.2, 0.25) is 10.0 Å². The fraction of sp³-hybridized carbons (Fsp3) is 0.333. The van der Waals surface area contributed by atoms with Crippen LogP contribution in [0.25, 0.3) is 0 Å². The Morgan fingerprint density at radius 1 is 1.17 bits per heavy atom. The summed E-state index contributed by atoms with van der Waals surface area (Å²) in [5, 5.41) is 0. The Labute approximate surface area is 146 Å². The van der Waals surface area contributed by atoms with Crippen LogP contribution in [-0.2, 0) is 20.0 Å². The van der Waals surface area contributed by atoms with Crippen molar-refractivity contribution in [2.75, 3.05) is 21.3 Å². The molecule has 1 saturated heterocycles. The van der Waals surface area contributed by atoms with Crippen LogP contribution in [0.4, 0.5) is 11.4 Å². The van der Waals surface area contributed by atoms with Crippen molar-refractivity contribution in [3.8, 4) is 0 Å². The summed E-state index contributed by atoms with van der Waals surface area (Å²) >= 11 is 1.20. The second-order valence-electron chi connectivity index (χ2n) is 5.71. The lowest BCUT2D eigenvalue weighted by Crippen LogP contribution is -2.25. The van der Waals surface area contributed by atoms with Crippen LogP contribution in [0.5, 0.6) is 0 Å². The van der Waals surface area contributed by atoms with Gasteiger partial charge in [-0.15, -0.1) is 11.3 Å². The van der Waals surface area contributed by atoms with Gasteiger partial charge in [-0.05, 0) is 56.2 Å². The van der Waals surface area contributed by atoms with Gasteiger partial charge in [-0.25, -0.2) is 16.8 Å². The molecule has 2 aromatic rings. The Morgan fingerprint density at radius 2 is 1.92 bits per heavy atom. The standard InChI is InChI=1S/C15H18N2O4S3/c1-11-10-13(16-24(20,21)15-7-4-12(2)22-15)5-6-14(11)17-8-3-9-23(17,18)19/h4-7,10,16H,3,8-9H2,1-2H3. The quantitative estimate of drug-likeness (QED) is 0.876. The Balaban J connectivity index is 1.88. The van der Waals surface area contributed by atoms with Gasteiger partial charge in [0, 0.05) is 17.1 Å². The van der Waals surface area contributed by atoms with Gasteiger partial charge in [-0.2, -0.15) is 0 Å². The molecule has 1 aliphatic rings. The minimum absolute atomic E-state index is 0.151. The molecule has 0 saturated carbocycles. The molecule has 0 amide bonds. The monoisotopic (exact) mass is 386 g/mol. The average Bonchev–Trinajstić information content (AvgIpc) is 3.05. The number of anilines is 2. The fourth-order valence-corrected chi connectivity index (χ4v) is 6.63. The van der Waals surface area contributed by atoms with Crippen LogP contribution >= 0.6 is 11.3 Å². The number of sulfonamides is 2. The molecule has 3 rings (SSSR count). The summed E-state index contributed by atoms with van der Waals surface area (Å²) in [5.41, 5.74) is 1.73. The molecule has 0 radical (unpaired) electrons. The number of hydrogen-bond donors (Lipinski definition) is 1. The molecule has 1 aliphatic heterocycles. The third-order valence-electron chi connectivity index (χ3n) is 3.80. The highest BCUT2D eigenvalue weighted by molar-refractivity contribution is 7.94. The molecule has 9 heteroatoms. The van der Waals surface area contributed by atoms with Crippen molar-refractivity contribution in [3.05, 3.63) is 40.8 Å². The van der Waals surface area contributed by atoms with Gasteiger partial charge in [0.05, 0.1) is 11.4 Å². The van der Waals surface area contributed by atoms with Crippen LogP contribution in [-0.4, -0.2) is 29.1 Å². The molecule has 2 heterocycles. The van der Waals surface area contributed by atoms with Crippen molar-refractivity contribution in [1.29, 1.82) is 0 Å². The molecule has 6 nitrogen and oxygen atoms in total. The summed E-state index contributed by atoms with van der Waals surface area (Å²) in [7, 11) is -6.88. The highest BCUT2D eigenvalue weighted by Crippen LogP contribution is 2.30. The first-order chi connectivity index (χ1) is 11.2. The number of nitrogens with one attached hydrogen (secondary N) is 1. The van der Waals surface area contributed by atoms with E-state index in [0.29, 0.717) is 29.9 Å². The van der Waals surface area contributed by atoms with E-state index in [9.17, 15) is 16.8 Å². The highest BCUT2D eigenvalue weighted by Gasteiger charge is 2.29. The third-order valence-corrected chi connectivity index (χ3v) is 8.53. The first-order valence-electron chi connectivity index (χ1n) is 7.39. The molecular weight excluding hydrogens is 368 g/mol. The lowest BCUT2D eigenvalue weighted by molar-refractivity contribution is 0.598. The van der Waals surface area contributed by atoms with Crippen LogP contribution < -0.4 is 9.03 Å². The van der Waals surface area contributed by atoms with Crippen molar-refractivity contribution in [2.45, 2.75) is 24.5 Å². The maximum atomic E-state index is 12.4. The number of benzene rings is 1. The molecule has 1 N–H and O–H groups in total. The Kier molecular flexibility index (Phi) is 4.35. The molecule has 0 aliphatic carbocycles. The molecule has 0 bridgehead atoms. The zero-order chi connectivity index (χ0) is 17.5. The summed E-state index contributed by atoms with van der Waals surface area (Å²) < 4.78 is 53.0. The zero-order valence-corrected chi connectivity index (χ0v) is 15.8. The van der Waals surface area contributed by atoms with Crippen molar-refractivity contribution in [1.82, 2.24) is 0 Å². The van der Waals surface area contributed by atoms with Crippen molar-refractivity contribution < 1.29 is 16.8 Å². The molecule has 1 aromatic carbocycles. The summed E-state index contributed by atoms with van der Waals surface area (Å²) in [5.74, 6) is 0.151. The molecule has 1 aromatic heterocycles. The number of aryl methyl sites for hydroxylation is 2. The van der Waals surface area contributed by atoms with Crippen LogP contribution in [0.2, 0.25) is 0 Å². The number of rotatable bonds is 4. The zero-order valence-electron chi connectivity index (χ0n) is 13.3. The van der Waals surface area contributed by atoms with E-state index in [0.717, 1.165) is 4.88 Å². The molecular formula is C15H18N2O4S3. The predicted molar refractivity (Wildman–Crippen MR) is 96.8 cm³/mol. The van der Waals surface area contributed by atoms with Gasteiger partial charge in [-0.3, -0.25) is 9.03 Å². The van der Waals surface area contributed by atoms with Crippen LogP contribution in [0, 0.1) is 13.8 Å². The first kappa shape index (κ1) is 17.2. The van der Waals surface area contributed by atoms with Crippen LogP contribution in [0.1, 0.15) is 16.9 Å². The van der Waals surface area contributed by atoms with Gasteiger partial charge < -0.3 is 0 Å². The van der Waals surface area contributed by atoms with E-state index >= 15 is 0 Å². The van der Waals surface area contributed by atoms with Gasteiger partial charge >= 0.3 is 0 Å². The smallest absolute Gasteiger partial charge is 0.271 e. The maximum Gasteiger partial charge on any atom is 0.271 e. The molecule has 0 unspecified atom stereocenters. The molecule has 1 fully saturated rings. The lowest BCUT2D eigenvalue weighted by atomic mass is 10.2. The number of thiophene rings is 1. The topological polar surface area (TPSA) is 83.6 Å². The van der Waals surface area contributed by atoms with Crippen LogP contribution in [0.3, 0.4) is 0 Å². The first-order valence-corrected chi connectivity index (χ1v) is 11.3. The summed E-state index contributed by atoms with van der Waals surface area (Å²) in [6.07, 6.45) is 0.605. The van der Waals surface area contributed by atoms with Gasteiger partial charge in [-0.1, -0.05) is 0 Å². The predicted octanol–water partition coefficient (Wildman–Crippen LogP) is 2.71. The molecule has 24 heavy (non-hydrogen) atoms. The largest absolute Gasteiger partial charge is 0.279 e. The Morgan fingerprint density at radius 3 is 2.46 bits per heavy atom. The third kappa shape index (κ3) is 3.28. The van der Waals surface area contributed by atoms with E-state index in [-0.39, 0.29) is 9.96 Å². The Hall–Kier alpha value is -1.58. The van der Waals surface area contributed by atoms with Gasteiger partial charge in [0.15, 0.2) is 0 Å². The SMILES string of the molecule is Cc1ccc(S(=O)(=O)Nc2ccc(N3CCCS3(=O)=O)c(C)c2)s1. The van der Waals surface area contributed by atoms with E-state index in [1.54, 1.807) is 37.3 Å². The summed E-state index contributed by atoms with van der Waals surface area (Å²) in [6.45, 7) is 4.08. The van der Waals surface area contributed by atoms with Crippen LogP contribution in [0.15, 0.2) is 34.5 Å². The van der Waals surface area contributed by atoms with Crippen molar-refractivity contribution >= 4 is 42.8 Å². The second-order valence-corrected chi connectivity index (χ2v) is 10.9. The van der Waals surface area contributed by atoms with E-state index in [2.05, 4.69) is 4.72 Å². The van der Waals surface area contributed by atoms with Crippen molar-refractivity contribution in [3.63, 3.8) is 0 Å². The maximum absolute atomic E-state index is 12.4. The Bertz CT molecular complexity index is 978. The highest BCUT2D eigenvalue weighted by atomic mass is 32.2. The van der Waals surface area contributed by atoms with Gasteiger partial charge in [0.1, 0.15) is 4.21 Å². The van der Waals surface area contributed by atoms with E-state index in [4.69, 9.17) is 0 Å². The minimum Gasteiger partial charge on any atom is -0.279 e. The second kappa shape index (κ2) is 6.05. The number of hydrogen-bond acceptors (Lipinski definition) is 5. The fourth-order valence-electron chi connectivity index (χ4n) is 2.67. The summed E-state index contributed by atoms with van der Waals surface area (Å²) in [4.78, 5) is 0.918. The number of nitrogens with zero attached hydrogens (tertiary/aromatic N) is 1. The van der Waals surface area contributed by atoms with Crippen molar-refractivity contribution in [2.24, 2.45) is 0 Å². The average molecular weight is 387 g/mol. The minimum atomic E-state index is -3.63. The van der Waals surface area contributed by atoms with Gasteiger partial charge in [0.25, 0.3) is 10.0 Å². The summed E-state index contributed by atoms with van der Waals surface area (Å²) in [6, 6.07) is 8.22. The molecule has 0 spiro atoms. The van der Waals surface area contributed by atoms with E-state index < -0.39 is 20.0 Å². The lowest BCUT2D eigenvalue weighted by Gasteiger charge is -2.20. The molecule has 130 valence electrons.